The first-order chi connectivity index (χ1) is 11.6. The largest absolute Gasteiger partial charge is 0.466 e. The van der Waals surface area contributed by atoms with Gasteiger partial charge < -0.3 is 9.64 Å². The Morgan fingerprint density at radius 2 is 1.96 bits per heavy atom. The zero-order chi connectivity index (χ0) is 17.1. The quantitative estimate of drug-likeness (QED) is 0.673. The van der Waals surface area contributed by atoms with Gasteiger partial charge in [-0.05, 0) is 55.7 Å². The second kappa shape index (κ2) is 7.56. The molecule has 2 aliphatic carbocycles. The van der Waals surface area contributed by atoms with Crippen molar-refractivity contribution in [2.45, 2.75) is 38.5 Å². The lowest BCUT2D eigenvalue weighted by Crippen LogP contribution is -2.36. The number of halogens is 1. The SMILES string of the molecule is CCOC(=O)CCN(CC1CC1)C(=O)C1CC1c1ccc(Cl)cc1. The fraction of sp³-hybridized carbons (Fsp3) is 0.579. The monoisotopic (exact) mass is 349 g/mol. The Labute approximate surface area is 148 Å². The molecule has 1 amide bonds. The van der Waals surface area contributed by atoms with Gasteiger partial charge in [-0.3, -0.25) is 9.59 Å². The molecule has 4 nitrogen and oxygen atoms in total. The van der Waals surface area contributed by atoms with Crippen LogP contribution in [0.15, 0.2) is 24.3 Å². The van der Waals surface area contributed by atoms with E-state index in [0.29, 0.717) is 30.0 Å². The molecule has 0 spiro atoms. The maximum absolute atomic E-state index is 12.8. The summed E-state index contributed by atoms with van der Waals surface area (Å²) in [6, 6.07) is 7.76. The third-order valence-corrected chi connectivity index (χ3v) is 5.04. The standard InChI is InChI=1S/C19H24ClNO3/c1-2-24-18(22)9-10-21(12-13-3-4-13)19(23)17-11-16(17)14-5-7-15(20)8-6-14/h5-8,13,16-17H,2-4,9-12H2,1H3. The first kappa shape index (κ1) is 17.3. The lowest BCUT2D eigenvalue weighted by molar-refractivity contribution is -0.144. The number of ether oxygens (including phenoxy) is 1. The van der Waals surface area contributed by atoms with Gasteiger partial charge in [0.25, 0.3) is 0 Å². The Morgan fingerprint density at radius 1 is 1.25 bits per heavy atom. The molecule has 0 bridgehead atoms. The summed E-state index contributed by atoms with van der Waals surface area (Å²) >= 11 is 5.93. The fourth-order valence-corrected chi connectivity index (χ4v) is 3.27. The summed E-state index contributed by atoms with van der Waals surface area (Å²) in [4.78, 5) is 26.3. The van der Waals surface area contributed by atoms with E-state index in [0.717, 1.165) is 13.0 Å². The molecule has 0 aromatic heterocycles. The van der Waals surface area contributed by atoms with Crippen LogP contribution in [-0.2, 0) is 14.3 Å². The molecule has 2 saturated carbocycles. The second-order valence-corrected chi connectivity index (χ2v) is 7.22. The van der Waals surface area contributed by atoms with Crippen molar-refractivity contribution in [3.05, 3.63) is 34.9 Å². The molecule has 2 aliphatic rings. The normalized spacial score (nSPS) is 22.1. The van der Waals surface area contributed by atoms with E-state index in [9.17, 15) is 9.59 Å². The van der Waals surface area contributed by atoms with Crippen LogP contribution in [0.1, 0.15) is 44.1 Å². The van der Waals surface area contributed by atoms with Gasteiger partial charge in [-0.25, -0.2) is 0 Å². The number of hydrogen-bond donors (Lipinski definition) is 0. The van der Waals surface area contributed by atoms with Crippen LogP contribution in [0.5, 0.6) is 0 Å². The van der Waals surface area contributed by atoms with E-state index >= 15 is 0 Å². The second-order valence-electron chi connectivity index (χ2n) is 6.78. The van der Waals surface area contributed by atoms with Crippen LogP contribution in [0.25, 0.3) is 0 Å². The summed E-state index contributed by atoms with van der Waals surface area (Å²) in [6.45, 7) is 3.43. The van der Waals surface area contributed by atoms with Gasteiger partial charge in [-0.15, -0.1) is 0 Å². The first-order valence-corrected chi connectivity index (χ1v) is 9.16. The van der Waals surface area contributed by atoms with E-state index < -0.39 is 0 Å². The summed E-state index contributed by atoms with van der Waals surface area (Å²) in [5, 5.41) is 0.715. The van der Waals surface area contributed by atoms with Crippen LogP contribution in [0.4, 0.5) is 0 Å². The lowest BCUT2D eigenvalue weighted by Gasteiger charge is -2.22. The van der Waals surface area contributed by atoms with E-state index in [1.165, 1.54) is 18.4 Å². The minimum absolute atomic E-state index is 0.0483. The van der Waals surface area contributed by atoms with Gasteiger partial charge in [0.1, 0.15) is 0 Å². The van der Waals surface area contributed by atoms with Crippen LogP contribution >= 0.6 is 11.6 Å². The third kappa shape index (κ3) is 4.50. The number of benzene rings is 1. The van der Waals surface area contributed by atoms with Crippen molar-refractivity contribution >= 4 is 23.5 Å². The zero-order valence-corrected chi connectivity index (χ0v) is 14.8. The minimum Gasteiger partial charge on any atom is -0.466 e. The molecule has 3 rings (SSSR count). The molecule has 0 aliphatic heterocycles. The molecule has 2 unspecified atom stereocenters. The molecule has 1 aromatic rings. The lowest BCUT2D eigenvalue weighted by atomic mass is 10.1. The number of carbonyl (C=O) groups excluding carboxylic acids is 2. The number of nitrogens with zero attached hydrogens (tertiary/aromatic N) is 1. The smallest absolute Gasteiger partial charge is 0.307 e. The van der Waals surface area contributed by atoms with E-state index in [1.807, 2.05) is 29.2 Å². The van der Waals surface area contributed by atoms with Gasteiger partial charge >= 0.3 is 5.97 Å². The van der Waals surface area contributed by atoms with Crippen molar-refractivity contribution in [1.82, 2.24) is 4.90 Å². The van der Waals surface area contributed by atoms with Gasteiger partial charge in [-0.1, -0.05) is 23.7 Å². The van der Waals surface area contributed by atoms with Crippen LogP contribution in [0.2, 0.25) is 5.02 Å². The van der Waals surface area contributed by atoms with Crippen LogP contribution in [0, 0.1) is 11.8 Å². The predicted octanol–water partition coefficient (Wildman–Crippen LogP) is 3.64. The summed E-state index contributed by atoms with van der Waals surface area (Å²) in [7, 11) is 0. The summed E-state index contributed by atoms with van der Waals surface area (Å²) < 4.78 is 4.98. The van der Waals surface area contributed by atoms with Crippen molar-refractivity contribution in [1.29, 1.82) is 0 Å². The summed E-state index contributed by atoms with van der Waals surface area (Å²) in [5.41, 5.74) is 1.18. The van der Waals surface area contributed by atoms with E-state index in [2.05, 4.69) is 0 Å². The maximum atomic E-state index is 12.8. The molecular formula is C19H24ClNO3. The molecule has 0 N–H and O–H groups in total. The first-order valence-electron chi connectivity index (χ1n) is 8.78. The minimum atomic E-state index is -0.226. The topological polar surface area (TPSA) is 46.6 Å². The van der Waals surface area contributed by atoms with Gasteiger partial charge in [0.15, 0.2) is 0 Å². The number of amides is 1. The highest BCUT2D eigenvalue weighted by Crippen LogP contribution is 2.49. The van der Waals surface area contributed by atoms with Gasteiger partial charge in [-0.2, -0.15) is 0 Å². The molecule has 5 heteroatoms. The molecule has 1 aromatic carbocycles. The summed E-state index contributed by atoms with van der Waals surface area (Å²) in [5.74, 6) is 0.914. The van der Waals surface area contributed by atoms with Crippen LogP contribution in [-0.4, -0.2) is 36.5 Å². The van der Waals surface area contributed by atoms with Gasteiger partial charge in [0.05, 0.1) is 13.0 Å². The molecule has 2 atom stereocenters. The van der Waals surface area contributed by atoms with Crippen molar-refractivity contribution in [2.24, 2.45) is 11.8 Å². The number of carbonyl (C=O) groups is 2. The molecule has 130 valence electrons. The van der Waals surface area contributed by atoms with Gasteiger partial charge in [0, 0.05) is 24.0 Å². The number of hydrogen-bond acceptors (Lipinski definition) is 3. The van der Waals surface area contributed by atoms with Crippen molar-refractivity contribution in [2.75, 3.05) is 19.7 Å². The molecule has 24 heavy (non-hydrogen) atoms. The fourth-order valence-electron chi connectivity index (χ4n) is 3.14. The highest BCUT2D eigenvalue weighted by molar-refractivity contribution is 6.30. The van der Waals surface area contributed by atoms with Crippen molar-refractivity contribution < 1.29 is 14.3 Å². The molecule has 0 radical (unpaired) electrons. The highest BCUT2D eigenvalue weighted by Gasteiger charge is 2.46. The van der Waals surface area contributed by atoms with E-state index in [-0.39, 0.29) is 24.2 Å². The van der Waals surface area contributed by atoms with Crippen molar-refractivity contribution in [3.63, 3.8) is 0 Å². The third-order valence-electron chi connectivity index (χ3n) is 4.78. The average molecular weight is 350 g/mol. The molecular weight excluding hydrogens is 326 g/mol. The average Bonchev–Trinajstić information content (AvgIpc) is 3.45. The Kier molecular flexibility index (Phi) is 5.44. The predicted molar refractivity (Wildman–Crippen MR) is 92.9 cm³/mol. The van der Waals surface area contributed by atoms with Crippen LogP contribution in [0.3, 0.4) is 0 Å². The number of rotatable bonds is 8. The zero-order valence-electron chi connectivity index (χ0n) is 14.0. The molecule has 0 heterocycles. The highest BCUT2D eigenvalue weighted by atomic mass is 35.5. The Morgan fingerprint density at radius 3 is 2.58 bits per heavy atom. The van der Waals surface area contributed by atoms with Gasteiger partial charge in [0.2, 0.25) is 5.91 Å². The molecule has 0 saturated heterocycles. The van der Waals surface area contributed by atoms with Crippen molar-refractivity contribution in [3.8, 4) is 0 Å². The van der Waals surface area contributed by atoms with E-state index in [4.69, 9.17) is 16.3 Å². The maximum Gasteiger partial charge on any atom is 0.307 e. The molecule has 2 fully saturated rings. The van der Waals surface area contributed by atoms with E-state index in [1.54, 1.807) is 6.92 Å². The Hall–Kier alpha value is -1.55. The van der Waals surface area contributed by atoms with Crippen LogP contribution < -0.4 is 0 Å². The Balaban J connectivity index is 1.57. The summed E-state index contributed by atoms with van der Waals surface area (Å²) in [6.07, 6.45) is 3.55. The Bertz CT molecular complexity index is 597. The number of esters is 1.